The van der Waals surface area contributed by atoms with Gasteiger partial charge in [0.25, 0.3) is 0 Å². The quantitative estimate of drug-likeness (QED) is 0.384. The molecule has 1 aromatic rings. The smallest absolute Gasteiger partial charge is 0.191 e. The number of rotatable bonds is 10. The molecule has 2 N–H and O–H groups in total. The molecule has 1 aliphatic rings. The van der Waals surface area contributed by atoms with Gasteiger partial charge < -0.3 is 19.9 Å². The maximum Gasteiger partial charge on any atom is 0.191 e. The van der Waals surface area contributed by atoms with Crippen LogP contribution in [0.15, 0.2) is 4.99 Å². The first kappa shape index (κ1) is 19.7. The molecule has 1 fully saturated rings. The molecular formula is C18H34N6O. The third kappa shape index (κ3) is 5.70. The molecule has 0 aliphatic heterocycles. The Bertz CT molecular complexity index is 550. The Morgan fingerprint density at radius 1 is 1.32 bits per heavy atom. The van der Waals surface area contributed by atoms with Crippen LogP contribution in [0.4, 0.5) is 0 Å². The number of nitrogens with one attached hydrogen (secondary N) is 2. The largest absolute Gasteiger partial charge is 0.385 e. The lowest BCUT2D eigenvalue weighted by atomic mass is 9.67. The highest BCUT2D eigenvalue weighted by Crippen LogP contribution is 2.43. The van der Waals surface area contributed by atoms with Gasteiger partial charge in [-0.1, -0.05) is 19.8 Å². The van der Waals surface area contributed by atoms with Crippen molar-refractivity contribution in [2.24, 2.45) is 17.5 Å². The van der Waals surface area contributed by atoms with E-state index in [1.165, 1.54) is 25.7 Å². The van der Waals surface area contributed by atoms with E-state index in [0.29, 0.717) is 12.0 Å². The minimum Gasteiger partial charge on any atom is -0.385 e. The van der Waals surface area contributed by atoms with Gasteiger partial charge >= 0.3 is 0 Å². The van der Waals surface area contributed by atoms with Gasteiger partial charge in [-0.05, 0) is 38.0 Å². The molecule has 0 spiro atoms. The van der Waals surface area contributed by atoms with Crippen LogP contribution in [0.5, 0.6) is 0 Å². The van der Waals surface area contributed by atoms with Crippen molar-refractivity contribution in [1.82, 2.24) is 25.4 Å². The van der Waals surface area contributed by atoms with Crippen molar-refractivity contribution in [2.75, 3.05) is 26.8 Å². The van der Waals surface area contributed by atoms with Crippen LogP contribution < -0.4 is 10.6 Å². The standard InChI is InChI=1S/C18H34N6O/c1-5-6-11-19-17(20-13-16-23-22-15(2)24(16)3)21-14-18(8-7-9-18)10-12-25-4/h5-14H2,1-4H3,(H2,19,20,21). The van der Waals surface area contributed by atoms with Gasteiger partial charge in [-0.3, -0.25) is 0 Å². The fourth-order valence-electron chi connectivity index (χ4n) is 3.08. The minimum atomic E-state index is 0.366. The fourth-order valence-corrected chi connectivity index (χ4v) is 3.08. The SMILES string of the molecule is CCCCNC(=NCc1nnc(C)n1C)NCC1(CCOC)CCC1. The van der Waals surface area contributed by atoms with Gasteiger partial charge in [0, 0.05) is 33.9 Å². The zero-order valence-electron chi connectivity index (χ0n) is 16.3. The lowest BCUT2D eigenvalue weighted by Crippen LogP contribution is -2.47. The third-order valence-electron chi connectivity index (χ3n) is 5.27. The summed E-state index contributed by atoms with van der Waals surface area (Å²) >= 11 is 0. The van der Waals surface area contributed by atoms with Crippen LogP contribution in [0.3, 0.4) is 0 Å². The summed E-state index contributed by atoms with van der Waals surface area (Å²) in [5, 5.41) is 15.3. The molecule has 0 amide bonds. The zero-order chi connectivity index (χ0) is 18.1. The molecule has 1 heterocycles. The summed E-state index contributed by atoms with van der Waals surface area (Å²) in [5.41, 5.74) is 0.366. The monoisotopic (exact) mass is 350 g/mol. The Balaban J connectivity index is 1.94. The van der Waals surface area contributed by atoms with Crippen molar-refractivity contribution in [3.8, 4) is 0 Å². The molecule has 7 heteroatoms. The molecule has 25 heavy (non-hydrogen) atoms. The van der Waals surface area contributed by atoms with E-state index in [-0.39, 0.29) is 0 Å². The van der Waals surface area contributed by atoms with Crippen LogP contribution in [0.25, 0.3) is 0 Å². The van der Waals surface area contributed by atoms with E-state index >= 15 is 0 Å². The van der Waals surface area contributed by atoms with E-state index in [2.05, 4.69) is 27.8 Å². The van der Waals surface area contributed by atoms with Crippen LogP contribution in [-0.4, -0.2) is 47.5 Å². The summed E-state index contributed by atoms with van der Waals surface area (Å²) in [7, 11) is 3.76. The highest BCUT2D eigenvalue weighted by Gasteiger charge is 2.36. The number of hydrogen-bond donors (Lipinski definition) is 2. The van der Waals surface area contributed by atoms with Gasteiger partial charge in [0.1, 0.15) is 12.4 Å². The normalized spacial score (nSPS) is 16.6. The molecule has 0 aromatic carbocycles. The maximum absolute atomic E-state index is 5.29. The third-order valence-corrected chi connectivity index (χ3v) is 5.27. The predicted molar refractivity (Wildman–Crippen MR) is 101 cm³/mol. The Labute approximate surface area is 151 Å². The van der Waals surface area contributed by atoms with E-state index in [9.17, 15) is 0 Å². The second-order valence-corrected chi connectivity index (χ2v) is 7.12. The Morgan fingerprint density at radius 3 is 2.68 bits per heavy atom. The van der Waals surface area contributed by atoms with E-state index in [1.807, 2.05) is 18.5 Å². The van der Waals surface area contributed by atoms with Gasteiger partial charge in [-0.15, -0.1) is 10.2 Å². The van der Waals surface area contributed by atoms with E-state index < -0.39 is 0 Å². The average molecular weight is 351 g/mol. The van der Waals surface area contributed by atoms with E-state index in [4.69, 9.17) is 9.73 Å². The number of ether oxygens (including phenoxy) is 1. The molecule has 0 unspecified atom stereocenters. The molecule has 0 atom stereocenters. The van der Waals surface area contributed by atoms with Crippen LogP contribution in [-0.2, 0) is 18.3 Å². The van der Waals surface area contributed by atoms with Crippen molar-refractivity contribution >= 4 is 5.96 Å². The molecule has 7 nitrogen and oxygen atoms in total. The molecule has 0 radical (unpaired) electrons. The van der Waals surface area contributed by atoms with Gasteiger partial charge in [0.2, 0.25) is 0 Å². The topological polar surface area (TPSA) is 76.4 Å². The number of hydrogen-bond acceptors (Lipinski definition) is 4. The summed E-state index contributed by atoms with van der Waals surface area (Å²) in [6.45, 7) is 7.40. The van der Waals surface area contributed by atoms with Crippen LogP contribution in [0.2, 0.25) is 0 Å². The lowest BCUT2D eigenvalue weighted by molar-refractivity contribution is 0.0732. The first-order valence-corrected chi connectivity index (χ1v) is 9.46. The average Bonchev–Trinajstić information content (AvgIpc) is 2.89. The van der Waals surface area contributed by atoms with E-state index in [1.54, 1.807) is 7.11 Å². The molecule has 1 saturated carbocycles. The molecule has 0 saturated heterocycles. The molecule has 1 aromatic heterocycles. The zero-order valence-corrected chi connectivity index (χ0v) is 16.3. The lowest BCUT2D eigenvalue weighted by Gasteiger charge is -2.42. The summed E-state index contributed by atoms with van der Waals surface area (Å²) in [6.07, 6.45) is 7.28. The number of aliphatic imine (C=N–C) groups is 1. The van der Waals surface area contributed by atoms with Crippen LogP contribution in [0, 0.1) is 12.3 Å². The molecular weight excluding hydrogens is 316 g/mol. The van der Waals surface area contributed by atoms with Crippen molar-refractivity contribution in [2.45, 2.75) is 58.9 Å². The Hall–Kier alpha value is -1.63. The Morgan fingerprint density at radius 2 is 2.12 bits per heavy atom. The summed E-state index contributed by atoms with van der Waals surface area (Å²) in [5.74, 6) is 2.66. The number of guanidine groups is 1. The number of nitrogens with zero attached hydrogens (tertiary/aromatic N) is 4. The van der Waals surface area contributed by atoms with Gasteiger partial charge in [0.15, 0.2) is 11.8 Å². The first-order valence-electron chi connectivity index (χ1n) is 9.46. The minimum absolute atomic E-state index is 0.366. The van der Waals surface area contributed by atoms with Crippen molar-refractivity contribution < 1.29 is 4.74 Å². The van der Waals surface area contributed by atoms with Crippen LogP contribution in [0.1, 0.15) is 57.1 Å². The van der Waals surface area contributed by atoms with Crippen molar-refractivity contribution in [1.29, 1.82) is 0 Å². The van der Waals surface area contributed by atoms with Crippen molar-refractivity contribution in [3.63, 3.8) is 0 Å². The maximum atomic E-state index is 5.29. The molecule has 0 bridgehead atoms. The number of methoxy groups -OCH3 is 1. The fraction of sp³-hybridized carbons (Fsp3) is 0.833. The van der Waals surface area contributed by atoms with E-state index in [0.717, 1.165) is 50.1 Å². The second kappa shape index (κ2) is 9.75. The predicted octanol–water partition coefficient (Wildman–Crippen LogP) is 2.17. The highest BCUT2D eigenvalue weighted by atomic mass is 16.5. The highest BCUT2D eigenvalue weighted by molar-refractivity contribution is 5.79. The summed E-state index contributed by atoms with van der Waals surface area (Å²) < 4.78 is 7.27. The summed E-state index contributed by atoms with van der Waals surface area (Å²) in [4.78, 5) is 4.72. The Kier molecular flexibility index (Phi) is 7.68. The number of aromatic nitrogens is 3. The van der Waals surface area contributed by atoms with Crippen molar-refractivity contribution in [3.05, 3.63) is 11.6 Å². The number of unbranched alkanes of at least 4 members (excludes halogenated alkanes) is 1. The van der Waals surface area contributed by atoms with Gasteiger partial charge in [-0.25, -0.2) is 4.99 Å². The molecule has 1 aliphatic carbocycles. The molecule has 142 valence electrons. The van der Waals surface area contributed by atoms with Gasteiger partial charge in [0.05, 0.1) is 0 Å². The molecule has 2 rings (SSSR count). The van der Waals surface area contributed by atoms with Crippen LogP contribution >= 0.6 is 0 Å². The second-order valence-electron chi connectivity index (χ2n) is 7.12. The first-order chi connectivity index (χ1) is 12.1. The summed E-state index contributed by atoms with van der Waals surface area (Å²) in [6, 6.07) is 0. The number of aryl methyl sites for hydroxylation is 1. The van der Waals surface area contributed by atoms with Gasteiger partial charge in [-0.2, -0.15) is 0 Å².